The Balaban J connectivity index is 0. The monoisotopic (exact) mass is 461 g/mol. The summed E-state index contributed by atoms with van der Waals surface area (Å²) in [4.78, 5) is 0. The van der Waals surface area contributed by atoms with Crippen LogP contribution in [0, 0.1) is 5.92 Å². The van der Waals surface area contributed by atoms with E-state index in [0.29, 0.717) is 6.61 Å². The second-order valence-corrected chi connectivity index (χ2v) is 5.92. The highest BCUT2D eigenvalue weighted by molar-refractivity contribution is 14.0. The normalized spacial score (nSPS) is 10.0. The van der Waals surface area contributed by atoms with Gasteiger partial charge in [0.1, 0.15) is 12.4 Å². The van der Waals surface area contributed by atoms with Crippen LogP contribution in [0.25, 0.3) is 0 Å². The number of ether oxygens (including phenoxy) is 1. The Morgan fingerprint density at radius 3 is 2.17 bits per heavy atom. The van der Waals surface area contributed by atoms with Gasteiger partial charge in [-0.2, -0.15) is 0 Å². The van der Waals surface area contributed by atoms with Crippen molar-refractivity contribution in [3.8, 4) is 5.75 Å². The Morgan fingerprint density at radius 2 is 1.62 bits per heavy atom. The zero-order valence-electron chi connectivity index (χ0n) is 14.7. The van der Waals surface area contributed by atoms with Crippen LogP contribution in [0.2, 0.25) is 0 Å². The lowest BCUT2D eigenvalue weighted by molar-refractivity contribution is 0.306. The second-order valence-electron chi connectivity index (χ2n) is 5.72. The molecule has 5 heteroatoms. The van der Waals surface area contributed by atoms with Crippen LogP contribution in [-0.2, 0) is 6.61 Å². The van der Waals surface area contributed by atoms with Crippen LogP contribution in [-0.4, -0.2) is 11.2 Å². The van der Waals surface area contributed by atoms with Crippen molar-refractivity contribution >= 4 is 42.5 Å². The van der Waals surface area contributed by atoms with Crippen LogP contribution in [0.1, 0.15) is 38.8 Å². The third-order valence-corrected chi connectivity index (χ3v) is 2.95. The highest BCUT2D eigenvalue weighted by Crippen LogP contribution is 2.16. The van der Waals surface area contributed by atoms with E-state index in [4.69, 9.17) is 4.74 Å². The molecule has 2 aromatic carbocycles. The minimum absolute atomic E-state index is 0. The summed E-state index contributed by atoms with van der Waals surface area (Å²) in [7, 11) is 0. The molecule has 0 aromatic heterocycles. The molecular formula is C19H28INO2S. The number of rotatable bonds is 4. The molecule has 0 aliphatic rings. The van der Waals surface area contributed by atoms with Crippen LogP contribution in [0.3, 0.4) is 0 Å². The average Bonchev–Trinajstić information content (AvgIpc) is 2.53. The zero-order chi connectivity index (χ0) is 16.4. The van der Waals surface area contributed by atoms with Crippen molar-refractivity contribution < 1.29 is 10.2 Å². The third kappa shape index (κ3) is 10.7. The molecule has 0 spiro atoms. The summed E-state index contributed by atoms with van der Waals surface area (Å²) < 4.78 is 9.62. The van der Waals surface area contributed by atoms with Crippen LogP contribution in [0.4, 0.5) is 0 Å². The third-order valence-electron chi connectivity index (χ3n) is 2.65. The minimum Gasteiger partial charge on any atom is -0.489 e. The fourth-order valence-corrected chi connectivity index (χ4v) is 1.73. The number of hydrogen-bond donors (Lipinski definition) is 1. The molecule has 0 amide bonds. The van der Waals surface area contributed by atoms with E-state index in [0.717, 1.165) is 28.5 Å². The number of halogens is 1. The first kappa shape index (κ1) is 25.2. The maximum atomic E-state index is 5.75. The summed E-state index contributed by atoms with van der Waals surface area (Å²) in [5.74, 6) is 1.67. The standard InChI is InChI=1S/C15H15NOS.C4H10.HI.H2O/c1-12(16-18)14-8-5-9-15(10-14)17-11-13-6-3-2-4-7-13;1-4(2)3;;/h2-10,18H,11H2,1H3;4H,1-3H3;1H;1H2/b16-12+;;;. The number of hydrogen-bond acceptors (Lipinski definition) is 3. The Bertz CT molecular complexity index is 586. The number of nitrogens with zero attached hydrogens (tertiary/aromatic N) is 1. The molecule has 24 heavy (non-hydrogen) atoms. The predicted molar refractivity (Wildman–Crippen MR) is 118 cm³/mol. The van der Waals surface area contributed by atoms with Crippen molar-refractivity contribution in [2.75, 3.05) is 0 Å². The molecule has 2 rings (SSSR count). The van der Waals surface area contributed by atoms with Gasteiger partial charge in [-0.3, -0.25) is 0 Å². The maximum Gasteiger partial charge on any atom is 0.120 e. The molecule has 0 atom stereocenters. The quantitative estimate of drug-likeness (QED) is 0.371. The molecule has 0 aliphatic heterocycles. The largest absolute Gasteiger partial charge is 0.489 e. The minimum atomic E-state index is 0. The van der Waals surface area contributed by atoms with Gasteiger partial charge in [0, 0.05) is 0 Å². The van der Waals surface area contributed by atoms with Crippen molar-refractivity contribution in [1.82, 2.24) is 0 Å². The molecular weight excluding hydrogens is 433 g/mol. The highest BCUT2D eigenvalue weighted by Gasteiger charge is 2.00. The molecule has 0 fully saturated rings. The smallest absolute Gasteiger partial charge is 0.120 e. The Hall–Kier alpha value is -1.05. The van der Waals surface area contributed by atoms with Crippen molar-refractivity contribution in [3.05, 3.63) is 65.7 Å². The van der Waals surface area contributed by atoms with Gasteiger partial charge in [-0.15, -0.1) is 24.0 Å². The van der Waals surface area contributed by atoms with E-state index >= 15 is 0 Å². The van der Waals surface area contributed by atoms with Gasteiger partial charge in [0.25, 0.3) is 0 Å². The molecule has 134 valence electrons. The molecule has 3 nitrogen and oxygen atoms in total. The van der Waals surface area contributed by atoms with E-state index in [1.165, 1.54) is 0 Å². The fourth-order valence-electron chi connectivity index (χ4n) is 1.61. The van der Waals surface area contributed by atoms with E-state index in [1.807, 2.05) is 61.5 Å². The van der Waals surface area contributed by atoms with Crippen molar-refractivity contribution in [3.63, 3.8) is 0 Å². The van der Waals surface area contributed by atoms with Crippen molar-refractivity contribution in [2.24, 2.45) is 10.3 Å². The lowest BCUT2D eigenvalue weighted by atomic mass is 10.1. The second kappa shape index (κ2) is 14.3. The van der Waals surface area contributed by atoms with Gasteiger partial charge in [-0.1, -0.05) is 63.2 Å². The van der Waals surface area contributed by atoms with Gasteiger partial charge >= 0.3 is 0 Å². The van der Waals surface area contributed by atoms with Gasteiger partial charge in [0.15, 0.2) is 0 Å². The lowest BCUT2D eigenvalue weighted by Gasteiger charge is -2.07. The first-order chi connectivity index (χ1) is 10.5. The van der Waals surface area contributed by atoms with Crippen LogP contribution < -0.4 is 4.74 Å². The van der Waals surface area contributed by atoms with Gasteiger partial charge in [0.2, 0.25) is 0 Å². The Kier molecular flexibility index (Phi) is 15.0. The van der Waals surface area contributed by atoms with E-state index in [9.17, 15) is 0 Å². The summed E-state index contributed by atoms with van der Waals surface area (Å²) >= 11 is 3.92. The maximum absolute atomic E-state index is 5.75. The molecule has 0 aliphatic carbocycles. The van der Waals surface area contributed by atoms with Gasteiger partial charge in [0.05, 0.1) is 5.71 Å². The molecule has 0 bridgehead atoms. The summed E-state index contributed by atoms with van der Waals surface area (Å²) in [5.41, 5.74) is 3.06. The van der Waals surface area contributed by atoms with E-state index in [2.05, 4.69) is 38.0 Å². The fraction of sp³-hybridized carbons (Fsp3) is 0.316. The molecule has 0 radical (unpaired) electrons. The van der Waals surface area contributed by atoms with E-state index in [-0.39, 0.29) is 29.5 Å². The molecule has 2 N–H and O–H groups in total. The number of thiol groups is 1. The Morgan fingerprint density at radius 1 is 1.04 bits per heavy atom. The van der Waals surface area contributed by atoms with Gasteiger partial charge in [-0.25, -0.2) is 4.40 Å². The average molecular weight is 461 g/mol. The number of benzene rings is 2. The zero-order valence-corrected chi connectivity index (χ0v) is 17.9. The molecule has 0 unspecified atom stereocenters. The van der Waals surface area contributed by atoms with Crippen molar-refractivity contribution in [1.29, 1.82) is 0 Å². The molecule has 0 saturated heterocycles. The van der Waals surface area contributed by atoms with Crippen molar-refractivity contribution in [2.45, 2.75) is 34.3 Å². The molecule has 2 aromatic rings. The molecule has 0 saturated carbocycles. The van der Waals surface area contributed by atoms with E-state index in [1.54, 1.807) is 0 Å². The molecule has 0 heterocycles. The summed E-state index contributed by atoms with van der Waals surface area (Å²) in [5, 5.41) is 0. The van der Waals surface area contributed by atoms with Crippen LogP contribution in [0.5, 0.6) is 5.75 Å². The first-order valence-electron chi connectivity index (χ1n) is 7.48. The van der Waals surface area contributed by atoms with Crippen LogP contribution in [0.15, 0.2) is 59.0 Å². The van der Waals surface area contributed by atoms with Gasteiger partial charge in [-0.05, 0) is 48.9 Å². The summed E-state index contributed by atoms with van der Waals surface area (Å²) in [6, 6.07) is 18.0. The topological polar surface area (TPSA) is 53.1 Å². The van der Waals surface area contributed by atoms with E-state index < -0.39 is 0 Å². The summed E-state index contributed by atoms with van der Waals surface area (Å²) in [6.07, 6.45) is 0. The lowest BCUT2D eigenvalue weighted by Crippen LogP contribution is -1.97. The predicted octanol–water partition coefficient (Wildman–Crippen LogP) is 5.38. The highest BCUT2D eigenvalue weighted by atomic mass is 127. The summed E-state index contributed by atoms with van der Waals surface area (Å²) in [6.45, 7) is 8.99. The van der Waals surface area contributed by atoms with Gasteiger partial charge < -0.3 is 10.2 Å². The SMILES string of the molecule is C/C(=N\S)c1cccc(OCc2ccccc2)c1.CC(C)C.I.O. The Labute approximate surface area is 168 Å². The van der Waals surface area contributed by atoms with Crippen LogP contribution >= 0.6 is 36.8 Å². The first-order valence-corrected chi connectivity index (χ1v) is 7.88.